The number of hydrogen-bond acceptors (Lipinski definition) is 3. The normalized spacial score (nSPS) is 12.6. The van der Waals surface area contributed by atoms with Gasteiger partial charge in [0, 0.05) is 0 Å². The SMILES string of the molecule is CCCCC(CC)Cc1ccc(-n2nc3ccccc3n2)c(O)c1. The van der Waals surface area contributed by atoms with Crippen molar-refractivity contribution in [2.75, 3.05) is 0 Å². The Morgan fingerprint density at radius 2 is 1.75 bits per heavy atom. The zero-order valence-corrected chi connectivity index (χ0v) is 14.4. The van der Waals surface area contributed by atoms with Crippen LogP contribution < -0.4 is 0 Å². The molecule has 0 aliphatic carbocycles. The van der Waals surface area contributed by atoms with Crippen LogP contribution in [-0.4, -0.2) is 20.1 Å². The van der Waals surface area contributed by atoms with Gasteiger partial charge in [-0.05, 0) is 42.2 Å². The first-order chi connectivity index (χ1) is 11.7. The van der Waals surface area contributed by atoms with Crippen LogP contribution in [0.5, 0.6) is 5.75 Å². The number of aromatic hydroxyl groups is 1. The number of phenolic OH excluding ortho intramolecular Hbond substituents is 1. The van der Waals surface area contributed by atoms with Gasteiger partial charge in [-0.15, -0.1) is 15.0 Å². The lowest BCUT2D eigenvalue weighted by atomic mass is 9.92. The highest BCUT2D eigenvalue weighted by molar-refractivity contribution is 5.73. The molecule has 0 spiro atoms. The van der Waals surface area contributed by atoms with E-state index < -0.39 is 0 Å². The van der Waals surface area contributed by atoms with Gasteiger partial charge in [0.05, 0.1) is 0 Å². The zero-order chi connectivity index (χ0) is 16.9. The van der Waals surface area contributed by atoms with E-state index in [0.717, 1.165) is 17.5 Å². The molecule has 1 heterocycles. The first-order valence-corrected chi connectivity index (χ1v) is 8.85. The average molecular weight is 323 g/mol. The molecule has 3 aromatic rings. The minimum absolute atomic E-state index is 0.234. The molecule has 0 bridgehead atoms. The number of phenols is 1. The lowest BCUT2D eigenvalue weighted by Crippen LogP contribution is -2.04. The van der Waals surface area contributed by atoms with E-state index in [1.165, 1.54) is 36.0 Å². The van der Waals surface area contributed by atoms with Gasteiger partial charge in [0.15, 0.2) is 0 Å². The third kappa shape index (κ3) is 3.58. The predicted octanol–water partition coefficient (Wildman–Crippen LogP) is 4.89. The molecular weight excluding hydrogens is 298 g/mol. The average Bonchev–Trinajstić information content (AvgIpc) is 3.02. The topological polar surface area (TPSA) is 50.9 Å². The molecule has 24 heavy (non-hydrogen) atoms. The fourth-order valence-corrected chi connectivity index (χ4v) is 3.11. The highest BCUT2D eigenvalue weighted by Gasteiger charge is 2.12. The van der Waals surface area contributed by atoms with Crippen LogP contribution in [0, 0.1) is 5.92 Å². The number of hydrogen-bond donors (Lipinski definition) is 1. The van der Waals surface area contributed by atoms with Crippen molar-refractivity contribution in [3.63, 3.8) is 0 Å². The molecule has 1 unspecified atom stereocenters. The molecule has 4 nitrogen and oxygen atoms in total. The molecule has 0 saturated carbocycles. The summed E-state index contributed by atoms with van der Waals surface area (Å²) in [6.07, 6.45) is 5.95. The second-order valence-electron chi connectivity index (χ2n) is 6.42. The van der Waals surface area contributed by atoms with Gasteiger partial charge in [-0.3, -0.25) is 0 Å². The fourth-order valence-electron chi connectivity index (χ4n) is 3.11. The minimum Gasteiger partial charge on any atom is -0.506 e. The molecule has 0 fully saturated rings. The number of benzene rings is 2. The maximum Gasteiger partial charge on any atom is 0.143 e. The molecule has 0 saturated heterocycles. The summed E-state index contributed by atoms with van der Waals surface area (Å²) in [5.74, 6) is 0.916. The summed E-state index contributed by atoms with van der Waals surface area (Å²) in [6, 6.07) is 13.6. The van der Waals surface area contributed by atoms with Gasteiger partial charge in [-0.25, -0.2) is 0 Å². The molecule has 0 aliphatic rings. The Morgan fingerprint density at radius 3 is 2.33 bits per heavy atom. The van der Waals surface area contributed by atoms with Gasteiger partial charge in [-0.2, -0.15) is 0 Å². The number of fused-ring (bicyclic) bond motifs is 1. The van der Waals surface area contributed by atoms with Crippen LogP contribution in [0.3, 0.4) is 0 Å². The van der Waals surface area contributed by atoms with Crippen molar-refractivity contribution in [1.29, 1.82) is 0 Å². The third-order valence-corrected chi connectivity index (χ3v) is 4.61. The van der Waals surface area contributed by atoms with Crippen LogP contribution in [0.15, 0.2) is 42.5 Å². The molecule has 1 aromatic heterocycles. The fraction of sp³-hybridized carbons (Fsp3) is 0.400. The second kappa shape index (κ2) is 7.47. The monoisotopic (exact) mass is 323 g/mol. The maximum absolute atomic E-state index is 10.4. The molecule has 2 aromatic carbocycles. The van der Waals surface area contributed by atoms with Crippen LogP contribution in [0.4, 0.5) is 0 Å². The first-order valence-electron chi connectivity index (χ1n) is 8.85. The van der Waals surface area contributed by atoms with Crippen LogP contribution in [0.1, 0.15) is 45.1 Å². The van der Waals surface area contributed by atoms with Gasteiger partial charge in [0.2, 0.25) is 0 Å². The van der Waals surface area contributed by atoms with Crippen LogP contribution >= 0.6 is 0 Å². The van der Waals surface area contributed by atoms with Crippen molar-refractivity contribution in [1.82, 2.24) is 15.0 Å². The molecule has 4 heteroatoms. The van der Waals surface area contributed by atoms with Crippen LogP contribution in [-0.2, 0) is 6.42 Å². The Bertz CT molecular complexity index is 777. The molecular formula is C20H25N3O. The number of unbranched alkanes of at least 4 members (excludes halogenated alkanes) is 1. The largest absolute Gasteiger partial charge is 0.506 e. The van der Waals surface area contributed by atoms with Gasteiger partial charge >= 0.3 is 0 Å². The van der Waals surface area contributed by atoms with Crippen LogP contribution in [0.2, 0.25) is 0 Å². The van der Waals surface area contributed by atoms with E-state index in [1.807, 2.05) is 36.4 Å². The van der Waals surface area contributed by atoms with Gasteiger partial charge in [-0.1, -0.05) is 57.7 Å². The Kier molecular flexibility index (Phi) is 5.14. The number of rotatable bonds is 7. The van der Waals surface area contributed by atoms with Crippen LogP contribution in [0.25, 0.3) is 16.7 Å². The van der Waals surface area contributed by atoms with Crippen molar-refractivity contribution in [2.45, 2.75) is 46.0 Å². The Balaban J connectivity index is 1.81. The predicted molar refractivity (Wildman–Crippen MR) is 97.5 cm³/mol. The molecule has 126 valence electrons. The summed E-state index contributed by atoms with van der Waals surface area (Å²) in [5, 5.41) is 19.3. The van der Waals surface area contributed by atoms with E-state index in [4.69, 9.17) is 0 Å². The van der Waals surface area contributed by atoms with Crippen molar-refractivity contribution in [3.05, 3.63) is 48.0 Å². The Hall–Kier alpha value is -2.36. The van der Waals surface area contributed by atoms with Gasteiger partial charge in [0.1, 0.15) is 22.5 Å². The quantitative estimate of drug-likeness (QED) is 0.674. The summed E-state index contributed by atoms with van der Waals surface area (Å²) in [5.41, 5.74) is 3.45. The zero-order valence-electron chi connectivity index (χ0n) is 14.4. The van der Waals surface area contributed by atoms with Crippen molar-refractivity contribution < 1.29 is 5.11 Å². The van der Waals surface area contributed by atoms with E-state index in [2.05, 4.69) is 30.1 Å². The number of aromatic nitrogens is 3. The minimum atomic E-state index is 0.234. The Morgan fingerprint density at radius 1 is 1.04 bits per heavy atom. The second-order valence-corrected chi connectivity index (χ2v) is 6.42. The van der Waals surface area contributed by atoms with E-state index in [0.29, 0.717) is 11.6 Å². The summed E-state index contributed by atoms with van der Waals surface area (Å²) in [4.78, 5) is 1.51. The van der Waals surface area contributed by atoms with E-state index in [1.54, 1.807) is 0 Å². The van der Waals surface area contributed by atoms with Crippen molar-refractivity contribution >= 4 is 11.0 Å². The standard InChI is InChI=1S/C20H25N3O/c1-3-5-8-15(4-2)13-16-11-12-19(20(24)14-16)23-21-17-9-6-7-10-18(17)22-23/h6-7,9-12,14-15,24H,3-5,8,13H2,1-2H3. The summed E-state index contributed by atoms with van der Waals surface area (Å²) in [7, 11) is 0. The van der Waals surface area contributed by atoms with E-state index in [9.17, 15) is 5.11 Å². The van der Waals surface area contributed by atoms with E-state index >= 15 is 0 Å². The lowest BCUT2D eigenvalue weighted by molar-refractivity contribution is 0.444. The molecule has 3 rings (SSSR count). The molecule has 1 N–H and O–H groups in total. The van der Waals surface area contributed by atoms with Crippen molar-refractivity contribution in [3.8, 4) is 11.4 Å². The maximum atomic E-state index is 10.4. The first kappa shape index (κ1) is 16.5. The van der Waals surface area contributed by atoms with Gasteiger partial charge < -0.3 is 5.11 Å². The molecule has 1 atom stereocenters. The smallest absolute Gasteiger partial charge is 0.143 e. The molecule has 0 amide bonds. The summed E-state index contributed by atoms with van der Waals surface area (Å²) < 4.78 is 0. The Labute approximate surface area is 143 Å². The lowest BCUT2D eigenvalue weighted by Gasteiger charge is -2.15. The number of nitrogens with zero attached hydrogens (tertiary/aromatic N) is 3. The molecule has 0 aliphatic heterocycles. The summed E-state index contributed by atoms with van der Waals surface area (Å²) >= 11 is 0. The third-order valence-electron chi connectivity index (χ3n) is 4.61. The van der Waals surface area contributed by atoms with Crippen molar-refractivity contribution in [2.24, 2.45) is 5.92 Å². The summed E-state index contributed by atoms with van der Waals surface area (Å²) in [6.45, 7) is 4.47. The van der Waals surface area contributed by atoms with Gasteiger partial charge in [0.25, 0.3) is 0 Å². The highest BCUT2D eigenvalue weighted by Crippen LogP contribution is 2.26. The molecule has 0 radical (unpaired) electrons. The van der Waals surface area contributed by atoms with E-state index in [-0.39, 0.29) is 5.75 Å². The highest BCUT2D eigenvalue weighted by atomic mass is 16.3.